The molecule has 3 amide bonds. The first-order valence-electron chi connectivity index (χ1n) is 8.85. The highest BCUT2D eigenvalue weighted by Gasteiger charge is 2.31. The standard InChI is InChI=1S/C21H21N3O5/c1-12-17(19(25)23-15-6-4-5-7-16(15)28-2)18(24-21(27)22-12)13-8-10-14(11-9-13)20(26)29-3/h4-11,18H,1-3H3,(H,23,25)(H2,22,24,27). The van der Waals surface area contributed by atoms with E-state index in [1.165, 1.54) is 14.2 Å². The van der Waals surface area contributed by atoms with Gasteiger partial charge < -0.3 is 25.4 Å². The maximum Gasteiger partial charge on any atom is 0.337 e. The van der Waals surface area contributed by atoms with Crippen molar-refractivity contribution >= 4 is 23.6 Å². The van der Waals surface area contributed by atoms with Crippen LogP contribution in [0, 0.1) is 0 Å². The number of amides is 3. The minimum absolute atomic E-state index is 0.348. The van der Waals surface area contributed by atoms with E-state index in [4.69, 9.17) is 9.47 Å². The average molecular weight is 395 g/mol. The second kappa shape index (κ2) is 8.47. The summed E-state index contributed by atoms with van der Waals surface area (Å²) in [6.07, 6.45) is 0. The van der Waals surface area contributed by atoms with Crippen LogP contribution in [0.2, 0.25) is 0 Å². The number of para-hydroxylation sites is 2. The number of hydrogen-bond donors (Lipinski definition) is 3. The van der Waals surface area contributed by atoms with Gasteiger partial charge in [0, 0.05) is 5.70 Å². The molecule has 3 N–H and O–H groups in total. The SMILES string of the molecule is COC(=O)c1ccc(C2NC(=O)NC(C)=C2C(=O)Nc2ccccc2OC)cc1. The van der Waals surface area contributed by atoms with Gasteiger partial charge in [0.05, 0.1) is 37.1 Å². The zero-order valence-corrected chi connectivity index (χ0v) is 16.2. The Morgan fingerprint density at radius 2 is 1.72 bits per heavy atom. The minimum Gasteiger partial charge on any atom is -0.495 e. The molecule has 1 aliphatic rings. The van der Waals surface area contributed by atoms with Crippen LogP contribution in [0.25, 0.3) is 0 Å². The summed E-state index contributed by atoms with van der Waals surface area (Å²) in [5, 5.41) is 8.21. The normalized spacial score (nSPS) is 15.8. The topological polar surface area (TPSA) is 106 Å². The van der Waals surface area contributed by atoms with Crippen molar-refractivity contribution < 1.29 is 23.9 Å². The van der Waals surface area contributed by atoms with Crippen molar-refractivity contribution in [2.24, 2.45) is 0 Å². The molecule has 0 bridgehead atoms. The molecule has 2 aromatic rings. The van der Waals surface area contributed by atoms with E-state index in [0.29, 0.717) is 33.8 Å². The molecule has 1 aliphatic heterocycles. The van der Waals surface area contributed by atoms with Crippen LogP contribution in [0.5, 0.6) is 5.75 Å². The molecule has 0 aromatic heterocycles. The maximum absolute atomic E-state index is 13.1. The van der Waals surface area contributed by atoms with E-state index in [-0.39, 0.29) is 5.91 Å². The lowest BCUT2D eigenvalue weighted by Gasteiger charge is -2.29. The van der Waals surface area contributed by atoms with E-state index < -0.39 is 18.0 Å². The molecular weight excluding hydrogens is 374 g/mol. The van der Waals surface area contributed by atoms with Gasteiger partial charge in [-0.1, -0.05) is 24.3 Å². The molecule has 3 rings (SSSR count). The quantitative estimate of drug-likeness (QED) is 0.675. The Kier molecular flexibility index (Phi) is 5.82. The van der Waals surface area contributed by atoms with Gasteiger partial charge >= 0.3 is 12.0 Å². The first-order chi connectivity index (χ1) is 13.9. The van der Waals surface area contributed by atoms with Crippen molar-refractivity contribution in [2.75, 3.05) is 19.5 Å². The Bertz CT molecular complexity index is 982. The van der Waals surface area contributed by atoms with Crippen LogP contribution in [-0.4, -0.2) is 32.1 Å². The Morgan fingerprint density at radius 1 is 1.03 bits per heavy atom. The predicted molar refractivity (Wildman–Crippen MR) is 107 cm³/mol. The summed E-state index contributed by atoms with van der Waals surface area (Å²) in [6.45, 7) is 1.66. The fourth-order valence-electron chi connectivity index (χ4n) is 3.11. The van der Waals surface area contributed by atoms with Gasteiger partial charge in [-0.3, -0.25) is 4.79 Å². The largest absolute Gasteiger partial charge is 0.495 e. The number of ether oxygens (including phenoxy) is 2. The van der Waals surface area contributed by atoms with E-state index in [9.17, 15) is 14.4 Å². The van der Waals surface area contributed by atoms with Crippen LogP contribution in [0.3, 0.4) is 0 Å². The van der Waals surface area contributed by atoms with Crippen LogP contribution in [0.4, 0.5) is 10.5 Å². The number of rotatable bonds is 5. The van der Waals surface area contributed by atoms with E-state index >= 15 is 0 Å². The van der Waals surface area contributed by atoms with Crippen LogP contribution in [0.1, 0.15) is 28.9 Å². The third-order valence-corrected chi connectivity index (χ3v) is 4.53. The Labute approximate surface area is 167 Å². The highest BCUT2D eigenvalue weighted by molar-refractivity contribution is 6.07. The molecule has 2 aromatic carbocycles. The van der Waals surface area contributed by atoms with E-state index in [1.807, 2.05) is 0 Å². The summed E-state index contributed by atoms with van der Waals surface area (Å²) in [5.74, 6) is -0.334. The molecule has 8 nitrogen and oxygen atoms in total. The number of esters is 1. The number of methoxy groups -OCH3 is 2. The zero-order chi connectivity index (χ0) is 21.0. The fourth-order valence-corrected chi connectivity index (χ4v) is 3.11. The first-order valence-corrected chi connectivity index (χ1v) is 8.85. The molecule has 1 unspecified atom stereocenters. The van der Waals surface area contributed by atoms with E-state index in [1.54, 1.807) is 55.5 Å². The average Bonchev–Trinajstić information content (AvgIpc) is 2.73. The molecule has 0 radical (unpaired) electrons. The highest BCUT2D eigenvalue weighted by Crippen LogP contribution is 2.30. The third kappa shape index (κ3) is 4.21. The molecule has 29 heavy (non-hydrogen) atoms. The number of anilines is 1. The molecule has 0 saturated heterocycles. The molecular formula is C21H21N3O5. The van der Waals surface area contributed by atoms with Crippen LogP contribution < -0.4 is 20.7 Å². The van der Waals surface area contributed by atoms with Crippen molar-refractivity contribution in [3.8, 4) is 5.75 Å². The summed E-state index contributed by atoms with van der Waals surface area (Å²) in [5.41, 5.74) is 2.32. The molecule has 1 heterocycles. The van der Waals surface area contributed by atoms with Crippen LogP contribution in [0.15, 0.2) is 59.8 Å². The molecule has 8 heteroatoms. The molecule has 150 valence electrons. The molecule has 0 fully saturated rings. The van der Waals surface area contributed by atoms with E-state index in [2.05, 4.69) is 16.0 Å². The Morgan fingerprint density at radius 3 is 2.38 bits per heavy atom. The lowest BCUT2D eigenvalue weighted by atomic mass is 9.94. The van der Waals surface area contributed by atoms with Gasteiger partial charge in [-0.25, -0.2) is 9.59 Å². The number of carbonyl (C=O) groups excluding carboxylic acids is 3. The number of benzene rings is 2. The molecule has 1 atom stereocenters. The monoisotopic (exact) mass is 395 g/mol. The summed E-state index contributed by atoms with van der Waals surface area (Å²) >= 11 is 0. The van der Waals surface area contributed by atoms with Crippen molar-refractivity contribution in [3.63, 3.8) is 0 Å². The number of nitrogens with one attached hydrogen (secondary N) is 3. The number of carbonyl (C=O) groups is 3. The second-order valence-electron chi connectivity index (χ2n) is 6.34. The minimum atomic E-state index is -0.690. The van der Waals surface area contributed by atoms with Crippen LogP contribution in [-0.2, 0) is 9.53 Å². The number of hydrogen-bond acceptors (Lipinski definition) is 5. The molecule has 0 spiro atoms. The second-order valence-corrected chi connectivity index (χ2v) is 6.34. The summed E-state index contributed by atoms with van der Waals surface area (Å²) in [6, 6.07) is 12.4. The fraction of sp³-hybridized carbons (Fsp3) is 0.190. The lowest BCUT2D eigenvalue weighted by Crippen LogP contribution is -2.46. The first kappa shape index (κ1) is 19.9. The zero-order valence-electron chi connectivity index (χ0n) is 16.2. The van der Waals surface area contributed by atoms with Gasteiger partial charge in [0.25, 0.3) is 5.91 Å². The Balaban J connectivity index is 1.93. The van der Waals surface area contributed by atoms with Crippen molar-refractivity contribution in [1.29, 1.82) is 0 Å². The van der Waals surface area contributed by atoms with Gasteiger partial charge in [0.1, 0.15) is 5.75 Å². The highest BCUT2D eigenvalue weighted by atomic mass is 16.5. The van der Waals surface area contributed by atoms with Crippen LogP contribution >= 0.6 is 0 Å². The van der Waals surface area contributed by atoms with Crippen molar-refractivity contribution in [2.45, 2.75) is 13.0 Å². The Hall–Kier alpha value is -3.81. The third-order valence-electron chi connectivity index (χ3n) is 4.53. The summed E-state index contributed by atoms with van der Waals surface area (Å²) < 4.78 is 9.97. The summed E-state index contributed by atoms with van der Waals surface area (Å²) in [4.78, 5) is 36.7. The van der Waals surface area contributed by atoms with Gasteiger partial charge in [0.15, 0.2) is 0 Å². The summed E-state index contributed by atoms with van der Waals surface area (Å²) in [7, 11) is 2.82. The van der Waals surface area contributed by atoms with Gasteiger partial charge in [0.2, 0.25) is 0 Å². The maximum atomic E-state index is 13.1. The smallest absolute Gasteiger partial charge is 0.337 e. The molecule has 0 saturated carbocycles. The van der Waals surface area contributed by atoms with Crippen molar-refractivity contribution in [1.82, 2.24) is 10.6 Å². The van der Waals surface area contributed by atoms with Gasteiger partial charge in [-0.2, -0.15) is 0 Å². The predicted octanol–water partition coefficient (Wildman–Crippen LogP) is 2.75. The number of allylic oxidation sites excluding steroid dienone is 1. The van der Waals surface area contributed by atoms with Gasteiger partial charge in [-0.05, 0) is 36.8 Å². The van der Waals surface area contributed by atoms with Gasteiger partial charge in [-0.15, -0.1) is 0 Å². The van der Waals surface area contributed by atoms with Crippen molar-refractivity contribution in [3.05, 3.63) is 70.9 Å². The number of urea groups is 1. The van der Waals surface area contributed by atoms with E-state index in [0.717, 1.165) is 0 Å². The molecule has 0 aliphatic carbocycles. The lowest BCUT2D eigenvalue weighted by molar-refractivity contribution is -0.113.